The molecule has 9 nitrogen and oxygen atoms in total. The summed E-state index contributed by atoms with van der Waals surface area (Å²) in [4.78, 5) is 37.6. The van der Waals surface area contributed by atoms with Gasteiger partial charge < -0.3 is 19.5 Å². The van der Waals surface area contributed by atoms with Crippen LogP contribution in [0.2, 0.25) is 0 Å². The van der Waals surface area contributed by atoms with Crippen LogP contribution < -0.4 is 5.32 Å². The van der Waals surface area contributed by atoms with Gasteiger partial charge in [-0.05, 0) is 35.1 Å². The average Bonchev–Trinajstić information content (AvgIpc) is 3.70. The molecule has 0 unspecified atom stereocenters. The molecular formula is C37H47N3O6. The molecule has 1 aliphatic carbocycles. The van der Waals surface area contributed by atoms with E-state index in [1.165, 1.54) is 55.1 Å². The summed E-state index contributed by atoms with van der Waals surface area (Å²) < 4.78 is 16.2. The Morgan fingerprint density at radius 2 is 1.39 bits per heavy atom. The number of fused-ring (bicyclic) bond motifs is 3. The van der Waals surface area contributed by atoms with Crippen molar-refractivity contribution in [2.75, 3.05) is 20.8 Å². The number of hydrogen-bond acceptors (Lipinski definition) is 7. The minimum Gasteiger partial charge on any atom is -0.499 e. The molecule has 2 aliphatic heterocycles. The van der Waals surface area contributed by atoms with Crippen molar-refractivity contribution >= 4 is 17.9 Å². The van der Waals surface area contributed by atoms with Crippen LogP contribution in [0.5, 0.6) is 0 Å². The predicted octanol–water partition coefficient (Wildman–Crippen LogP) is 7.38. The maximum Gasteiger partial charge on any atom is 0.417 e. The standard InChI is InChI=1S/C25H27NO4.C10H17NO2.C2H3N/c1-3-4-5-14-22-23(29-2)15-24(27)26(22)25(28)30-16-21-19-12-8-6-10-17(19)18-11-7-9-13-20(18)21;1-3-4-5-6-8-9(13-2)7-10(12)11-8;1-2-3/h6-13,15,21-22H,3-5,14,16H2,1-2H3;7-8H,3-6H2,1-2H3,(H,11,12);1H3/t22-;8-;/m00./s1. The summed E-state index contributed by atoms with van der Waals surface area (Å²) in [5.74, 6) is 0.877. The molecule has 0 aromatic heterocycles. The number of nitriles is 1. The zero-order chi connectivity index (χ0) is 33.5. The molecule has 46 heavy (non-hydrogen) atoms. The van der Waals surface area contributed by atoms with Gasteiger partial charge in [0.2, 0.25) is 5.91 Å². The fourth-order valence-corrected chi connectivity index (χ4v) is 6.03. The molecule has 5 rings (SSSR count). The second-order valence-corrected chi connectivity index (χ2v) is 11.3. The monoisotopic (exact) mass is 629 g/mol. The summed E-state index contributed by atoms with van der Waals surface area (Å²) in [5.41, 5.74) is 4.64. The first kappa shape index (κ1) is 35.9. The third-order valence-corrected chi connectivity index (χ3v) is 8.26. The lowest BCUT2D eigenvalue weighted by molar-refractivity contribution is -0.124. The molecule has 2 atom stereocenters. The van der Waals surface area contributed by atoms with E-state index in [1.54, 1.807) is 13.2 Å². The van der Waals surface area contributed by atoms with Gasteiger partial charge in [0.1, 0.15) is 24.2 Å². The molecule has 246 valence electrons. The van der Waals surface area contributed by atoms with Crippen LogP contribution in [0.15, 0.2) is 72.2 Å². The second kappa shape index (κ2) is 18.4. The molecule has 0 radical (unpaired) electrons. The number of imide groups is 1. The lowest BCUT2D eigenvalue weighted by Crippen LogP contribution is -2.41. The van der Waals surface area contributed by atoms with E-state index in [0.717, 1.165) is 49.0 Å². The summed E-state index contributed by atoms with van der Waals surface area (Å²) >= 11 is 0. The van der Waals surface area contributed by atoms with Crippen molar-refractivity contribution in [1.29, 1.82) is 5.26 Å². The Hall–Kier alpha value is -4.58. The van der Waals surface area contributed by atoms with E-state index in [4.69, 9.17) is 19.5 Å². The van der Waals surface area contributed by atoms with Crippen LogP contribution in [0.4, 0.5) is 4.79 Å². The number of rotatable bonds is 12. The Kier molecular flexibility index (Phi) is 14.4. The minimum absolute atomic E-state index is 0.0293. The number of carbonyl (C=O) groups excluding carboxylic acids is 3. The molecule has 2 aromatic rings. The van der Waals surface area contributed by atoms with Gasteiger partial charge in [0.05, 0.1) is 26.3 Å². The number of hydrogen-bond donors (Lipinski definition) is 1. The predicted molar refractivity (Wildman–Crippen MR) is 177 cm³/mol. The van der Waals surface area contributed by atoms with Crippen LogP contribution in [0, 0.1) is 11.3 Å². The number of carbonyl (C=O) groups is 3. The van der Waals surface area contributed by atoms with E-state index in [0.29, 0.717) is 12.2 Å². The van der Waals surface area contributed by atoms with E-state index < -0.39 is 6.09 Å². The van der Waals surface area contributed by atoms with Gasteiger partial charge in [-0.3, -0.25) is 9.59 Å². The lowest BCUT2D eigenvalue weighted by atomic mass is 9.98. The molecule has 0 spiro atoms. The number of benzene rings is 2. The van der Waals surface area contributed by atoms with Gasteiger partial charge in [-0.1, -0.05) is 101 Å². The quantitative estimate of drug-likeness (QED) is 0.243. The van der Waals surface area contributed by atoms with Gasteiger partial charge in [0.15, 0.2) is 0 Å². The molecule has 0 fully saturated rings. The van der Waals surface area contributed by atoms with E-state index in [2.05, 4.69) is 43.4 Å². The van der Waals surface area contributed by atoms with Crippen LogP contribution in [0.1, 0.15) is 89.2 Å². The van der Waals surface area contributed by atoms with Crippen molar-refractivity contribution < 1.29 is 28.6 Å². The largest absolute Gasteiger partial charge is 0.499 e. The van der Waals surface area contributed by atoms with E-state index in [9.17, 15) is 14.4 Å². The van der Waals surface area contributed by atoms with Gasteiger partial charge in [-0.15, -0.1) is 0 Å². The summed E-state index contributed by atoms with van der Waals surface area (Å²) in [6.07, 6.45) is 10.6. The molecule has 3 amide bonds. The fraction of sp³-hybridized carbons (Fsp3) is 0.459. The molecule has 0 saturated carbocycles. The van der Waals surface area contributed by atoms with Gasteiger partial charge in [-0.25, -0.2) is 9.69 Å². The Bertz CT molecular complexity index is 1400. The first-order valence-corrected chi connectivity index (χ1v) is 16.2. The first-order valence-electron chi connectivity index (χ1n) is 16.2. The highest BCUT2D eigenvalue weighted by molar-refractivity contribution is 6.02. The molecule has 3 aliphatic rings. The van der Waals surface area contributed by atoms with Crippen LogP contribution in [-0.2, 0) is 23.8 Å². The Morgan fingerprint density at radius 1 is 0.848 bits per heavy atom. The molecule has 0 bridgehead atoms. The van der Waals surface area contributed by atoms with Crippen molar-refractivity contribution in [1.82, 2.24) is 10.2 Å². The summed E-state index contributed by atoms with van der Waals surface area (Å²) in [6.45, 7) is 5.91. The molecule has 0 saturated heterocycles. The molecule has 9 heteroatoms. The fourth-order valence-electron chi connectivity index (χ4n) is 6.03. The zero-order valence-electron chi connectivity index (χ0n) is 27.7. The van der Waals surface area contributed by atoms with Crippen molar-refractivity contribution in [2.24, 2.45) is 0 Å². The Morgan fingerprint density at radius 3 is 1.93 bits per heavy atom. The van der Waals surface area contributed by atoms with Crippen LogP contribution in [0.3, 0.4) is 0 Å². The number of nitrogens with zero attached hydrogens (tertiary/aromatic N) is 2. The van der Waals surface area contributed by atoms with Gasteiger partial charge in [0, 0.05) is 25.0 Å². The highest BCUT2D eigenvalue weighted by atomic mass is 16.6. The van der Waals surface area contributed by atoms with E-state index in [-0.39, 0.29) is 36.4 Å². The van der Waals surface area contributed by atoms with Gasteiger partial charge in [0.25, 0.3) is 5.91 Å². The number of methoxy groups -OCH3 is 2. The minimum atomic E-state index is -0.605. The number of nitrogens with one attached hydrogen (secondary N) is 1. The van der Waals surface area contributed by atoms with Gasteiger partial charge >= 0.3 is 6.09 Å². The average molecular weight is 630 g/mol. The highest BCUT2D eigenvalue weighted by Crippen LogP contribution is 2.44. The van der Waals surface area contributed by atoms with E-state index >= 15 is 0 Å². The van der Waals surface area contributed by atoms with Crippen molar-refractivity contribution in [3.63, 3.8) is 0 Å². The van der Waals surface area contributed by atoms with Gasteiger partial charge in [-0.2, -0.15) is 5.26 Å². The molecule has 1 N–H and O–H groups in total. The molecular weight excluding hydrogens is 582 g/mol. The maximum absolute atomic E-state index is 12.9. The summed E-state index contributed by atoms with van der Waals surface area (Å²) in [7, 11) is 3.14. The molecule has 2 heterocycles. The molecule has 2 aromatic carbocycles. The second-order valence-electron chi connectivity index (χ2n) is 11.3. The van der Waals surface area contributed by atoms with E-state index in [1.807, 2.05) is 24.3 Å². The summed E-state index contributed by atoms with van der Waals surface area (Å²) in [5, 5.41) is 10.2. The summed E-state index contributed by atoms with van der Waals surface area (Å²) in [6, 6.07) is 17.9. The normalized spacial score (nSPS) is 17.6. The first-order chi connectivity index (χ1) is 22.3. The lowest BCUT2D eigenvalue weighted by Gasteiger charge is -2.25. The third kappa shape index (κ3) is 9.00. The van der Waals surface area contributed by atoms with Crippen LogP contribution in [-0.4, -0.2) is 55.7 Å². The topological polar surface area (TPSA) is 118 Å². The van der Waals surface area contributed by atoms with Crippen molar-refractivity contribution in [3.05, 3.63) is 83.3 Å². The number of amides is 3. The Balaban J connectivity index is 0.000000300. The smallest absolute Gasteiger partial charge is 0.417 e. The SMILES string of the molecule is CC#N.CCCCC[C@@H]1NC(=O)C=C1OC.CCCCC[C@H]1C(OC)=CC(=O)N1C(=O)OCC1c2ccccc2-c2ccccc21. The zero-order valence-corrected chi connectivity index (χ0v) is 27.7. The number of ether oxygens (including phenoxy) is 3. The third-order valence-electron chi connectivity index (χ3n) is 8.26. The van der Waals surface area contributed by atoms with Crippen molar-refractivity contribution in [3.8, 4) is 17.2 Å². The number of unbranched alkanes of at least 4 members (excludes halogenated alkanes) is 4. The van der Waals surface area contributed by atoms with Crippen LogP contribution in [0.25, 0.3) is 11.1 Å². The van der Waals surface area contributed by atoms with Crippen LogP contribution >= 0.6 is 0 Å². The van der Waals surface area contributed by atoms with Crippen molar-refractivity contribution in [2.45, 2.75) is 90.1 Å². The highest BCUT2D eigenvalue weighted by Gasteiger charge is 2.40. The maximum atomic E-state index is 12.9. The Labute approximate surface area is 273 Å².